The van der Waals surface area contributed by atoms with Gasteiger partial charge in [0.1, 0.15) is 5.82 Å². The number of aryl methyl sites for hydroxylation is 1. The summed E-state index contributed by atoms with van der Waals surface area (Å²) in [6.07, 6.45) is 3.69. The lowest BCUT2D eigenvalue weighted by Gasteiger charge is -2.23. The minimum atomic E-state index is -0.0671. The van der Waals surface area contributed by atoms with Crippen LogP contribution in [0.5, 0.6) is 0 Å². The molecule has 0 aliphatic carbocycles. The summed E-state index contributed by atoms with van der Waals surface area (Å²) in [5.74, 6) is 0.683. The normalized spacial score (nSPS) is 18.3. The lowest BCUT2D eigenvalue weighted by atomic mass is 10.1. The Hall–Kier alpha value is -2.20. The molecule has 1 aromatic heterocycles. The van der Waals surface area contributed by atoms with Crippen LogP contribution in [0.15, 0.2) is 48.7 Å². The molecule has 114 valence electrons. The number of nitrogens with zero attached hydrogens (tertiary/aromatic N) is 2. The summed E-state index contributed by atoms with van der Waals surface area (Å²) in [7, 11) is 0. The molecule has 1 N–H and O–H groups in total. The van der Waals surface area contributed by atoms with Crippen molar-refractivity contribution in [3.8, 4) is 0 Å². The van der Waals surface area contributed by atoms with Gasteiger partial charge in [-0.1, -0.05) is 30.3 Å². The van der Waals surface area contributed by atoms with Gasteiger partial charge in [-0.25, -0.2) is 4.98 Å². The number of anilines is 1. The van der Waals surface area contributed by atoms with Crippen molar-refractivity contribution in [3.63, 3.8) is 0 Å². The van der Waals surface area contributed by atoms with E-state index in [4.69, 9.17) is 0 Å². The molecule has 4 nitrogen and oxygen atoms in total. The summed E-state index contributed by atoms with van der Waals surface area (Å²) in [5, 5.41) is 2.95. The SMILES string of the molecule is Cc1ccnc(NC(=O)C2CCCN2Cc2ccccc2)c1. The Bertz CT molecular complexity index is 642. The van der Waals surface area contributed by atoms with E-state index in [0.717, 1.165) is 31.5 Å². The Balaban J connectivity index is 1.66. The highest BCUT2D eigenvalue weighted by Gasteiger charge is 2.30. The molecular formula is C18H21N3O. The Morgan fingerprint density at radius 2 is 2.14 bits per heavy atom. The fraction of sp³-hybridized carbons (Fsp3) is 0.333. The summed E-state index contributed by atoms with van der Waals surface area (Å²) >= 11 is 0. The van der Waals surface area contributed by atoms with Crippen LogP contribution in [-0.4, -0.2) is 28.4 Å². The first-order valence-corrected chi connectivity index (χ1v) is 7.74. The molecule has 1 fully saturated rings. The average Bonchev–Trinajstić information content (AvgIpc) is 2.96. The van der Waals surface area contributed by atoms with Gasteiger partial charge in [-0.3, -0.25) is 9.69 Å². The van der Waals surface area contributed by atoms with E-state index in [0.29, 0.717) is 5.82 Å². The zero-order valence-electron chi connectivity index (χ0n) is 12.8. The van der Waals surface area contributed by atoms with E-state index < -0.39 is 0 Å². The van der Waals surface area contributed by atoms with Gasteiger partial charge in [0.2, 0.25) is 5.91 Å². The number of amides is 1. The summed E-state index contributed by atoms with van der Waals surface area (Å²) in [6, 6.07) is 14.1. The van der Waals surface area contributed by atoms with Crippen LogP contribution in [0, 0.1) is 6.92 Å². The topological polar surface area (TPSA) is 45.2 Å². The number of benzene rings is 1. The molecular weight excluding hydrogens is 274 g/mol. The lowest BCUT2D eigenvalue weighted by molar-refractivity contribution is -0.120. The standard InChI is InChI=1S/C18H21N3O/c1-14-9-10-19-17(12-14)20-18(22)16-8-5-11-21(16)13-15-6-3-2-4-7-15/h2-4,6-7,9-10,12,16H,5,8,11,13H2,1H3,(H,19,20,22). The minimum absolute atomic E-state index is 0.0477. The smallest absolute Gasteiger partial charge is 0.242 e. The number of carbonyl (C=O) groups excluding carboxylic acids is 1. The summed E-state index contributed by atoms with van der Waals surface area (Å²) in [5.41, 5.74) is 2.34. The third-order valence-corrected chi connectivity index (χ3v) is 4.06. The fourth-order valence-electron chi connectivity index (χ4n) is 2.94. The molecule has 1 aromatic carbocycles. The van der Waals surface area contributed by atoms with Crippen LogP contribution in [0.2, 0.25) is 0 Å². The van der Waals surface area contributed by atoms with Crippen LogP contribution >= 0.6 is 0 Å². The molecule has 22 heavy (non-hydrogen) atoms. The molecule has 3 rings (SSSR count). The first kappa shape index (κ1) is 14.7. The fourth-order valence-corrected chi connectivity index (χ4v) is 2.94. The van der Waals surface area contributed by atoms with Crippen molar-refractivity contribution in [2.24, 2.45) is 0 Å². The molecule has 2 heterocycles. The van der Waals surface area contributed by atoms with E-state index in [2.05, 4.69) is 27.3 Å². The van der Waals surface area contributed by atoms with Crippen LogP contribution < -0.4 is 5.32 Å². The largest absolute Gasteiger partial charge is 0.309 e. The van der Waals surface area contributed by atoms with Gasteiger partial charge in [-0.05, 0) is 49.6 Å². The van der Waals surface area contributed by atoms with Gasteiger partial charge in [-0.15, -0.1) is 0 Å². The molecule has 0 bridgehead atoms. The van der Waals surface area contributed by atoms with E-state index in [1.165, 1.54) is 5.56 Å². The maximum atomic E-state index is 12.5. The number of carbonyl (C=O) groups is 1. The van der Waals surface area contributed by atoms with Crippen molar-refractivity contribution < 1.29 is 4.79 Å². The summed E-state index contributed by atoms with van der Waals surface area (Å²) in [6.45, 7) is 3.78. The van der Waals surface area contributed by atoms with Gasteiger partial charge < -0.3 is 5.32 Å². The van der Waals surface area contributed by atoms with E-state index in [1.54, 1.807) is 6.20 Å². The second kappa shape index (κ2) is 6.71. The number of rotatable bonds is 4. The first-order chi connectivity index (χ1) is 10.7. The van der Waals surface area contributed by atoms with Gasteiger partial charge in [-0.2, -0.15) is 0 Å². The Labute approximate surface area is 131 Å². The highest BCUT2D eigenvalue weighted by atomic mass is 16.2. The van der Waals surface area contributed by atoms with Crippen molar-refractivity contribution >= 4 is 11.7 Å². The maximum Gasteiger partial charge on any atom is 0.242 e. The monoisotopic (exact) mass is 295 g/mol. The molecule has 0 saturated carbocycles. The van der Waals surface area contributed by atoms with Crippen LogP contribution in [0.3, 0.4) is 0 Å². The molecule has 0 radical (unpaired) electrons. The van der Waals surface area contributed by atoms with Crippen molar-refractivity contribution in [3.05, 3.63) is 59.8 Å². The van der Waals surface area contributed by atoms with Gasteiger partial charge >= 0.3 is 0 Å². The number of hydrogen-bond donors (Lipinski definition) is 1. The lowest BCUT2D eigenvalue weighted by Crippen LogP contribution is -2.39. The number of hydrogen-bond acceptors (Lipinski definition) is 3. The van der Waals surface area contributed by atoms with Crippen LogP contribution in [-0.2, 0) is 11.3 Å². The zero-order chi connectivity index (χ0) is 15.4. The predicted molar refractivity (Wildman–Crippen MR) is 87.5 cm³/mol. The number of aromatic nitrogens is 1. The summed E-state index contributed by atoms with van der Waals surface area (Å²) in [4.78, 5) is 19.0. The maximum absolute atomic E-state index is 12.5. The Morgan fingerprint density at radius 1 is 1.32 bits per heavy atom. The van der Waals surface area contributed by atoms with E-state index in [-0.39, 0.29) is 11.9 Å². The molecule has 1 aliphatic heterocycles. The van der Waals surface area contributed by atoms with Crippen molar-refractivity contribution in [1.29, 1.82) is 0 Å². The summed E-state index contributed by atoms with van der Waals surface area (Å²) < 4.78 is 0. The first-order valence-electron chi connectivity index (χ1n) is 7.74. The second-order valence-electron chi connectivity index (χ2n) is 5.82. The van der Waals surface area contributed by atoms with E-state index >= 15 is 0 Å². The molecule has 0 spiro atoms. The zero-order valence-corrected chi connectivity index (χ0v) is 12.8. The van der Waals surface area contributed by atoms with E-state index in [1.807, 2.05) is 37.3 Å². The molecule has 1 saturated heterocycles. The third-order valence-electron chi connectivity index (χ3n) is 4.06. The van der Waals surface area contributed by atoms with Crippen LogP contribution in [0.1, 0.15) is 24.0 Å². The molecule has 1 amide bonds. The highest BCUT2D eigenvalue weighted by Crippen LogP contribution is 2.21. The van der Waals surface area contributed by atoms with Crippen LogP contribution in [0.25, 0.3) is 0 Å². The van der Waals surface area contributed by atoms with Crippen molar-refractivity contribution in [2.45, 2.75) is 32.4 Å². The molecule has 2 aromatic rings. The predicted octanol–water partition coefficient (Wildman–Crippen LogP) is 2.99. The van der Waals surface area contributed by atoms with Gasteiger partial charge in [0.15, 0.2) is 0 Å². The highest BCUT2D eigenvalue weighted by molar-refractivity contribution is 5.94. The molecule has 1 unspecified atom stereocenters. The van der Waals surface area contributed by atoms with Crippen molar-refractivity contribution in [1.82, 2.24) is 9.88 Å². The van der Waals surface area contributed by atoms with E-state index in [9.17, 15) is 4.79 Å². The Kier molecular flexibility index (Phi) is 4.49. The third kappa shape index (κ3) is 3.52. The number of likely N-dealkylation sites (tertiary alicyclic amines) is 1. The van der Waals surface area contributed by atoms with Crippen molar-refractivity contribution in [2.75, 3.05) is 11.9 Å². The van der Waals surface area contributed by atoms with Crippen LogP contribution in [0.4, 0.5) is 5.82 Å². The minimum Gasteiger partial charge on any atom is -0.309 e. The quantitative estimate of drug-likeness (QED) is 0.943. The number of nitrogens with one attached hydrogen (secondary N) is 1. The average molecular weight is 295 g/mol. The molecule has 1 aliphatic rings. The molecule has 4 heteroatoms. The second-order valence-corrected chi connectivity index (χ2v) is 5.82. The Morgan fingerprint density at radius 3 is 2.91 bits per heavy atom. The van der Waals surface area contributed by atoms with Gasteiger partial charge in [0.25, 0.3) is 0 Å². The van der Waals surface area contributed by atoms with Gasteiger partial charge in [0, 0.05) is 12.7 Å². The van der Waals surface area contributed by atoms with Gasteiger partial charge in [0.05, 0.1) is 6.04 Å². The molecule has 1 atom stereocenters. The number of pyridine rings is 1.